The van der Waals surface area contributed by atoms with E-state index >= 15 is 0 Å². The molecule has 7 heteroatoms. The van der Waals surface area contributed by atoms with Crippen LogP contribution in [0.3, 0.4) is 0 Å². The molecule has 0 unspecified atom stereocenters. The van der Waals surface area contributed by atoms with Crippen LogP contribution in [-0.2, 0) is 21.1 Å². The van der Waals surface area contributed by atoms with E-state index in [1.165, 1.54) is 22.7 Å². The van der Waals surface area contributed by atoms with Gasteiger partial charge in [0.2, 0.25) is 5.91 Å². The molecule has 2 heterocycles. The summed E-state index contributed by atoms with van der Waals surface area (Å²) >= 11 is 2.70. The van der Waals surface area contributed by atoms with Gasteiger partial charge in [0.25, 0.3) is 0 Å². The molecule has 0 bridgehead atoms. The molecular formula is C18H17NO3S3. The quantitative estimate of drug-likeness (QED) is 0.668. The molecule has 0 fully saturated rings. The van der Waals surface area contributed by atoms with Crippen molar-refractivity contribution in [2.75, 3.05) is 6.54 Å². The Hall–Kier alpha value is -1.96. The molecule has 1 atom stereocenters. The van der Waals surface area contributed by atoms with E-state index < -0.39 is 15.1 Å². The van der Waals surface area contributed by atoms with Crippen LogP contribution in [0.1, 0.15) is 15.7 Å². The van der Waals surface area contributed by atoms with Gasteiger partial charge in [-0.05, 0) is 28.5 Å². The fourth-order valence-electron chi connectivity index (χ4n) is 2.48. The van der Waals surface area contributed by atoms with Crippen LogP contribution in [0.2, 0.25) is 0 Å². The second-order valence-electron chi connectivity index (χ2n) is 5.44. The first kappa shape index (κ1) is 17.8. The van der Waals surface area contributed by atoms with Gasteiger partial charge in [-0.15, -0.1) is 22.7 Å². The number of nitrogens with one attached hydrogen (secondary N) is 1. The van der Waals surface area contributed by atoms with Crippen molar-refractivity contribution in [1.29, 1.82) is 0 Å². The van der Waals surface area contributed by atoms with Crippen LogP contribution in [0, 0.1) is 0 Å². The smallest absolute Gasteiger partial charge is 0.225 e. The fraction of sp³-hybridized carbons (Fsp3) is 0.167. The minimum atomic E-state index is -3.56. The van der Waals surface area contributed by atoms with E-state index in [-0.39, 0.29) is 18.9 Å². The molecule has 130 valence electrons. The standard InChI is InChI=1S/C18H17NO3S3/c20-17(12-15-8-4-10-23-15)19-13-16(14-6-2-1-3-7-14)25(21,22)18-9-5-11-24-18/h1-11,16H,12-13H2,(H,19,20)/t16-/m1/s1. The predicted octanol–water partition coefficient (Wildman–Crippen LogP) is 3.68. The lowest BCUT2D eigenvalue weighted by atomic mass is 10.1. The lowest BCUT2D eigenvalue weighted by Crippen LogP contribution is -2.32. The molecule has 3 rings (SSSR count). The highest BCUT2D eigenvalue weighted by atomic mass is 32.2. The second-order valence-corrected chi connectivity index (χ2v) is 9.77. The topological polar surface area (TPSA) is 63.2 Å². The summed E-state index contributed by atoms with van der Waals surface area (Å²) in [5.41, 5.74) is 0.673. The van der Waals surface area contributed by atoms with E-state index in [0.29, 0.717) is 9.77 Å². The Labute approximate surface area is 155 Å². The van der Waals surface area contributed by atoms with Crippen LogP contribution in [0.15, 0.2) is 69.6 Å². The van der Waals surface area contributed by atoms with Crippen molar-refractivity contribution in [3.05, 3.63) is 75.8 Å². The summed E-state index contributed by atoms with van der Waals surface area (Å²) in [7, 11) is -3.56. The number of thiophene rings is 2. The van der Waals surface area contributed by atoms with E-state index in [1.807, 2.05) is 23.6 Å². The summed E-state index contributed by atoms with van der Waals surface area (Å²) < 4.78 is 26.3. The molecular weight excluding hydrogens is 374 g/mol. The number of carbonyl (C=O) groups is 1. The van der Waals surface area contributed by atoms with Gasteiger partial charge < -0.3 is 5.32 Å². The Morgan fingerprint density at radius 2 is 1.68 bits per heavy atom. The van der Waals surface area contributed by atoms with Crippen molar-refractivity contribution in [2.24, 2.45) is 0 Å². The van der Waals surface area contributed by atoms with Crippen molar-refractivity contribution in [1.82, 2.24) is 5.32 Å². The predicted molar refractivity (Wildman–Crippen MR) is 102 cm³/mol. The fourth-order valence-corrected chi connectivity index (χ4v) is 6.05. The number of hydrogen-bond acceptors (Lipinski definition) is 5. The Morgan fingerprint density at radius 3 is 2.32 bits per heavy atom. The lowest BCUT2D eigenvalue weighted by Gasteiger charge is -2.18. The second kappa shape index (κ2) is 7.95. The van der Waals surface area contributed by atoms with Crippen molar-refractivity contribution < 1.29 is 13.2 Å². The van der Waals surface area contributed by atoms with Gasteiger partial charge in [-0.25, -0.2) is 8.42 Å². The van der Waals surface area contributed by atoms with E-state index in [2.05, 4.69) is 5.32 Å². The van der Waals surface area contributed by atoms with Crippen molar-refractivity contribution in [3.63, 3.8) is 0 Å². The number of sulfone groups is 1. The van der Waals surface area contributed by atoms with Gasteiger partial charge >= 0.3 is 0 Å². The zero-order valence-electron chi connectivity index (χ0n) is 13.3. The molecule has 4 nitrogen and oxygen atoms in total. The number of benzene rings is 1. The molecule has 0 saturated carbocycles. The highest BCUT2D eigenvalue weighted by Crippen LogP contribution is 2.31. The number of carbonyl (C=O) groups excluding carboxylic acids is 1. The maximum Gasteiger partial charge on any atom is 0.225 e. The highest BCUT2D eigenvalue weighted by molar-refractivity contribution is 7.93. The first-order valence-corrected chi connectivity index (χ1v) is 11.0. The minimum Gasteiger partial charge on any atom is -0.354 e. The lowest BCUT2D eigenvalue weighted by molar-refractivity contribution is -0.120. The monoisotopic (exact) mass is 391 g/mol. The third-order valence-electron chi connectivity index (χ3n) is 3.72. The van der Waals surface area contributed by atoms with Gasteiger partial charge in [0, 0.05) is 11.4 Å². The zero-order chi connectivity index (χ0) is 17.7. The molecule has 0 saturated heterocycles. The van der Waals surface area contributed by atoms with Gasteiger partial charge in [-0.3, -0.25) is 4.79 Å². The Balaban J connectivity index is 1.79. The Morgan fingerprint density at radius 1 is 0.960 bits per heavy atom. The summed E-state index contributed by atoms with van der Waals surface area (Å²) in [5.74, 6) is -0.176. The van der Waals surface area contributed by atoms with Gasteiger partial charge in [0.05, 0.1) is 6.42 Å². The number of hydrogen-bond donors (Lipinski definition) is 1. The molecule has 0 aliphatic carbocycles. The molecule has 1 N–H and O–H groups in total. The average Bonchev–Trinajstić information content (AvgIpc) is 3.29. The maximum atomic E-state index is 13.0. The zero-order valence-corrected chi connectivity index (χ0v) is 15.7. The molecule has 0 aliphatic rings. The molecule has 0 radical (unpaired) electrons. The summed E-state index contributed by atoms with van der Waals surface area (Å²) in [6, 6.07) is 16.1. The van der Waals surface area contributed by atoms with Crippen LogP contribution in [-0.4, -0.2) is 20.9 Å². The van der Waals surface area contributed by atoms with Crippen LogP contribution in [0.25, 0.3) is 0 Å². The van der Waals surface area contributed by atoms with Crippen LogP contribution in [0.4, 0.5) is 0 Å². The normalized spacial score (nSPS) is 12.6. The Kier molecular flexibility index (Phi) is 5.67. The van der Waals surface area contributed by atoms with Crippen LogP contribution >= 0.6 is 22.7 Å². The average molecular weight is 392 g/mol. The van der Waals surface area contributed by atoms with Crippen molar-refractivity contribution in [3.8, 4) is 0 Å². The van der Waals surface area contributed by atoms with Crippen molar-refractivity contribution in [2.45, 2.75) is 15.9 Å². The van der Waals surface area contributed by atoms with Gasteiger partial charge in [0.1, 0.15) is 9.46 Å². The number of amides is 1. The van der Waals surface area contributed by atoms with E-state index in [0.717, 1.165) is 4.88 Å². The SMILES string of the molecule is O=C(Cc1cccs1)NC[C@H](c1ccccc1)S(=O)(=O)c1cccs1. The first-order valence-electron chi connectivity index (χ1n) is 7.69. The van der Waals surface area contributed by atoms with Crippen LogP contribution in [0.5, 0.6) is 0 Å². The molecule has 1 amide bonds. The van der Waals surface area contributed by atoms with Gasteiger partial charge in [-0.2, -0.15) is 0 Å². The van der Waals surface area contributed by atoms with Crippen LogP contribution < -0.4 is 5.32 Å². The third kappa shape index (κ3) is 4.36. The first-order chi connectivity index (χ1) is 12.1. The number of rotatable bonds is 7. The molecule has 2 aromatic heterocycles. The van der Waals surface area contributed by atoms with Crippen molar-refractivity contribution >= 4 is 38.4 Å². The summed E-state index contributed by atoms with van der Waals surface area (Å²) in [6.45, 7) is 0.0501. The minimum absolute atomic E-state index is 0.0501. The summed E-state index contributed by atoms with van der Waals surface area (Å²) in [5, 5.41) is 5.63. The summed E-state index contributed by atoms with van der Waals surface area (Å²) in [6.07, 6.45) is 0.262. The molecule has 0 spiro atoms. The van der Waals surface area contributed by atoms with E-state index in [1.54, 1.807) is 41.8 Å². The Bertz CT molecular complexity index is 902. The van der Waals surface area contributed by atoms with E-state index in [4.69, 9.17) is 0 Å². The maximum absolute atomic E-state index is 13.0. The third-order valence-corrected chi connectivity index (χ3v) is 8.13. The molecule has 0 aliphatic heterocycles. The van der Waals surface area contributed by atoms with Gasteiger partial charge in [0.15, 0.2) is 9.84 Å². The molecule has 25 heavy (non-hydrogen) atoms. The largest absolute Gasteiger partial charge is 0.354 e. The van der Waals surface area contributed by atoms with E-state index in [9.17, 15) is 13.2 Å². The molecule has 3 aromatic rings. The summed E-state index contributed by atoms with van der Waals surface area (Å²) in [4.78, 5) is 13.1. The molecule has 1 aromatic carbocycles. The van der Waals surface area contributed by atoms with Gasteiger partial charge in [-0.1, -0.05) is 42.5 Å². The highest BCUT2D eigenvalue weighted by Gasteiger charge is 2.30.